The van der Waals surface area contributed by atoms with Crippen LogP contribution in [-0.4, -0.2) is 73.4 Å². The van der Waals surface area contributed by atoms with Crippen LogP contribution in [0.2, 0.25) is 0 Å². The van der Waals surface area contributed by atoms with Crippen LogP contribution in [0.1, 0.15) is 117 Å². The van der Waals surface area contributed by atoms with Crippen LogP contribution in [0.3, 0.4) is 0 Å². The van der Waals surface area contributed by atoms with E-state index in [-0.39, 0.29) is 19.1 Å². The van der Waals surface area contributed by atoms with Crippen LogP contribution < -0.4 is 5.32 Å². The Kier molecular flexibility index (Phi) is 34.0. The SMILES string of the molecule is CC/C=C\C/C=C\C/C=C\C/C=C\C/C=C\C/C=C\C/C=C\C/C=C\CCCCCCC(=O)NC(COP(=O)(O)OCC[N+](C)(C)C)C(O)/C=C/CCC. The standard InChI is InChI=1S/C45H75N2O6P/c1-6-8-10-11-12-13-14-15-16-17-18-19-20-21-22-23-24-25-26-27-28-29-30-31-32-33-34-35-37-39-45(49)46-43(44(48)38-36-9-7-2)42-53-54(50,51)52-41-40-47(3,4)5/h8,10,12-13,15-16,18-19,21-22,24-25,27-28,30-31,36,38,43-44,48H,6-7,9,11,14,17,20,23,26,29,32-35,37,39-42H2,1-5H3,(H-,46,49,50,51)/p+1/b10-8-,13-12-,16-15-,19-18-,22-21-,25-24-,28-27-,31-30-,38-36+. The molecule has 3 unspecified atom stereocenters. The van der Waals surface area contributed by atoms with Gasteiger partial charge in [-0.3, -0.25) is 13.8 Å². The second-order valence-electron chi connectivity index (χ2n) is 14.3. The molecule has 3 atom stereocenters. The number of phosphoric ester groups is 1. The van der Waals surface area contributed by atoms with Crippen molar-refractivity contribution in [2.75, 3.05) is 40.9 Å². The summed E-state index contributed by atoms with van der Waals surface area (Å²) in [6, 6.07) is -0.863. The van der Waals surface area contributed by atoms with Crippen LogP contribution in [-0.2, 0) is 18.4 Å². The van der Waals surface area contributed by atoms with Gasteiger partial charge in [-0.2, -0.15) is 0 Å². The van der Waals surface area contributed by atoms with Crippen LogP contribution >= 0.6 is 7.82 Å². The molecule has 1 amide bonds. The zero-order valence-corrected chi connectivity index (χ0v) is 35.3. The molecule has 0 rings (SSSR count). The minimum Gasteiger partial charge on any atom is -0.387 e. The van der Waals surface area contributed by atoms with E-state index in [9.17, 15) is 19.4 Å². The van der Waals surface area contributed by atoms with Crippen molar-refractivity contribution in [3.63, 3.8) is 0 Å². The van der Waals surface area contributed by atoms with Gasteiger partial charge in [-0.05, 0) is 77.0 Å². The summed E-state index contributed by atoms with van der Waals surface area (Å²) in [6.45, 7) is 4.41. The van der Waals surface area contributed by atoms with Crippen molar-refractivity contribution in [3.05, 3.63) is 109 Å². The number of amides is 1. The van der Waals surface area contributed by atoms with E-state index in [1.807, 2.05) is 34.1 Å². The van der Waals surface area contributed by atoms with Crippen molar-refractivity contribution in [1.82, 2.24) is 5.32 Å². The molecule has 0 aromatic rings. The molecule has 9 heteroatoms. The summed E-state index contributed by atoms with van der Waals surface area (Å²) in [5, 5.41) is 13.4. The number of aliphatic hydroxyl groups excluding tert-OH is 1. The molecule has 0 aliphatic rings. The van der Waals surface area contributed by atoms with Crippen molar-refractivity contribution < 1.29 is 32.9 Å². The molecule has 306 valence electrons. The monoisotopic (exact) mass is 772 g/mol. The third-order valence-electron chi connectivity index (χ3n) is 7.98. The topological polar surface area (TPSA) is 105 Å². The zero-order valence-electron chi connectivity index (χ0n) is 34.4. The predicted octanol–water partition coefficient (Wildman–Crippen LogP) is 11.0. The number of rotatable bonds is 34. The third kappa shape index (κ3) is 37.5. The van der Waals surface area contributed by atoms with Crippen LogP contribution in [0.25, 0.3) is 0 Å². The van der Waals surface area contributed by atoms with E-state index in [4.69, 9.17) is 9.05 Å². The van der Waals surface area contributed by atoms with E-state index in [2.05, 4.69) is 109 Å². The van der Waals surface area contributed by atoms with Gasteiger partial charge in [0.15, 0.2) is 0 Å². The van der Waals surface area contributed by atoms with Crippen LogP contribution in [0.15, 0.2) is 109 Å². The quantitative estimate of drug-likeness (QED) is 0.0260. The molecule has 8 nitrogen and oxygen atoms in total. The smallest absolute Gasteiger partial charge is 0.387 e. The Bertz CT molecular complexity index is 1240. The Morgan fingerprint density at radius 2 is 1.11 bits per heavy atom. The molecule has 0 aromatic carbocycles. The first-order chi connectivity index (χ1) is 26.0. The van der Waals surface area contributed by atoms with Crippen LogP contribution in [0.5, 0.6) is 0 Å². The summed E-state index contributed by atoms with van der Waals surface area (Å²) in [5.41, 5.74) is 0. The van der Waals surface area contributed by atoms with E-state index in [0.29, 0.717) is 17.4 Å². The number of nitrogens with zero attached hydrogens (tertiary/aromatic N) is 1. The highest BCUT2D eigenvalue weighted by Crippen LogP contribution is 2.43. The van der Waals surface area contributed by atoms with Crippen LogP contribution in [0.4, 0.5) is 0 Å². The summed E-state index contributed by atoms with van der Waals surface area (Å²) in [6.07, 6.45) is 52.5. The second kappa shape index (κ2) is 35.8. The van der Waals surface area contributed by atoms with Crippen molar-refractivity contribution >= 4 is 13.7 Å². The summed E-state index contributed by atoms with van der Waals surface area (Å²) in [4.78, 5) is 22.7. The number of carbonyl (C=O) groups excluding carboxylic acids is 1. The van der Waals surface area contributed by atoms with Crippen molar-refractivity contribution in [2.24, 2.45) is 0 Å². The highest BCUT2D eigenvalue weighted by Gasteiger charge is 2.27. The number of likely N-dealkylation sites (N-methyl/N-ethyl adjacent to an activating group) is 1. The lowest BCUT2D eigenvalue weighted by molar-refractivity contribution is -0.870. The zero-order chi connectivity index (χ0) is 40.0. The van der Waals surface area contributed by atoms with Gasteiger partial charge in [-0.25, -0.2) is 4.57 Å². The van der Waals surface area contributed by atoms with Crippen molar-refractivity contribution in [2.45, 2.75) is 129 Å². The third-order valence-corrected chi connectivity index (χ3v) is 8.96. The second-order valence-corrected chi connectivity index (χ2v) is 15.7. The largest absolute Gasteiger partial charge is 0.472 e. The number of allylic oxidation sites excluding steroid dienone is 17. The number of aliphatic hydroxyl groups is 1. The van der Waals surface area contributed by atoms with E-state index >= 15 is 0 Å². The number of hydrogen-bond donors (Lipinski definition) is 3. The summed E-state index contributed by atoms with van der Waals surface area (Å²) in [5.74, 6) is -0.221. The molecule has 54 heavy (non-hydrogen) atoms. The number of phosphoric acid groups is 1. The van der Waals surface area contributed by atoms with E-state index in [1.54, 1.807) is 6.08 Å². The predicted molar refractivity (Wildman–Crippen MR) is 230 cm³/mol. The molecule has 0 saturated carbocycles. The number of unbranched alkanes of at least 4 members (excludes halogenated alkanes) is 5. The first-order valence-corrected chi connectivity index (χ1v) is 21.8. The van der Waals surface area contributed by atoms with Crippen molar-refractivity contribution in [3.8, 4) is 0 Å². The van der Waals surface area contributed by atoms with Gasteiger partial charge in [-0.1, -0.05) is 142 Å². The lowest BCUT2D eigenvalue weighted by Crippen LogP contribution is -2.45. The molecule has 0 aliphatic heterocycles. The fourth-order valence-electron chi connectivity index (χ4n) is 4.77. The Labute approximate surface area is 330 Å². The number of nitrogens with one attached hydrogen (secondary N) is 1. The fourth-order valence-corrected chi connectivity index (χ4v) is 5.50. The number of quaternary nitrogens is 1. The highest BCUT2D eigenvalue weighted by molar-refractivity contribution is 7.47. The van der Waals surface area contributed by atoms with Gasteiger partial charge < -0.3 is 19.8 Å². The summed E-state index contributed by atoms with van der Waals surface area (Å²) in [7, 11) is 1.52. The Morgan fingerprint density at radius 3 is 1.57 bits per heavy atom. The Balaban J connectivity index is 4.10. The van der Waals surface area contributed by atoms with E-state index in [0.717, 1.165) is 96.3 Å². The summed E-state index contributed by atoms with van der Waals surface area (Å²) < 4.78 is 23.2. The lowest BCUT2D eigenvalue weighted by Gasteiger charge is -2.25. The number of hydrogen-bond acceptors (Lipinski definition) is 5. The first kappa shape index (κ1) is 51.2. The van der Waals surface area contributed by atoms with Gasteiger partial charge in [-0.15, -0.1) is 0 Å². The summed E-state index contributed by atoms with van der Waals surface area (Å²) >= 11 is 0. The lowest BCUT2D eigenvalue weighted by atomic mass is 10.1. The molecule has 0 saturated heterocycles. The molecular weight excluding hydrogens is 695 g/mol. The molecule has 0 radical (unpaired) electrons. The highest BCUT2D eigenvalue weighted by atomic mass is 31.2. The average Bonchev–Trinajstić information content (AvgIpc) is 3.12. The van der Waals surface area contributed by atoms with Gasteiger partial charge in [0.1, 0.15) is 13.2 Å². The molecular formula is C45H76N2O6P+. The maximum Gasteiger partial charge on any atom is 0.472 e. The molecule has 0 bridgehead atoms. The minimum absolute atomic E-state index is 0.0474. The molecule has 0 aliphatic carbocycles. The van der Waals surface area contributed by atoms with Crippen molar-refractivity contribution in [1.29, 1.82) is 0 Å². The molecule has 0 heterocycles. The molecule has 0 spiro atoms. The van der Waals surface area contributed by atoms with Gasteiger partial charge in [0.25, 0.3) is 0 Å². The minimum atomic E-state index is -4.33. The van der Waals surface area contributed by atoms with Gasteiger partial charge in [0.05, 0.1) is 39.9 Å². The Morgan fingerprint density at radius 1 is 0.648 bits per heavy atom. The molecule has 0 aromatic heterocycles. The normalized spacial score (nSPS) is 15.6. The van der Waals surface area contributed by atoms with E-state index < -0.39 is 20.0 Å². The molecule has 0 fully saturated rings. The van der Waals surface area contributed by atoms with Gasteiger partial charge in [0, 0.05) is 6.42 Å². The average molecular weight is 772 g/mol. The maximum atomic E-state index is 12.6. The number of carbonyl (C=O) groups is 1. The fraction of sp³-hybridized carbons (Fsp3) is 0.578. The van der Waals surface area contributed by atoms with Crippen LogP contribution in [0, 0.1) is 0 Å². The molecule has 3 N–H and O–H groups in total. The van der Waals surface area contributed by atoms with Gasteiger partial charge >= 0.3 is 7.82 Å². The van der Waals surface area contributed by atoms with Gasteiger partial charge in [0.2, 0.25) is 5.91 Å². The Hall–Kier alpha value is -2.84. The first-order valence-electron chi connectivity index (χ1n) is 20.3. The maximum absolute atomic E-state index is 12.6. The van der Waals surface area contributed by atoms with E-state index in [1.165, 1.54) is 0 Å².